The van der Waals surface area contributed by atoms with E-state index < -0.39 is 0 Å². The van der Waals surface area contributed by atoms with Crippen LogP contribution in [0.3, 0.4) is 0 Å². The molecule has 0 aliphatic rings. The van der Waals surface area contributed by atoms with E-state index in [9.17, 15) is 4.79 Å². The van der Waals surface area contributed by atoms with Crippen molar-refractivity contribution in [3.05, 3.63) is 35.7 Å². The van der Waals surface area contributed by atoms with Gasteiger partial charge in [0.1, 0.15) is 0 Å². The second-order valence-electron chi connectivity index (χ2n) is 5.65. The molecular formula is C17H18AsN5O. The molecule has 2 heterocycles. The number of carbonyl (C=O) groups excluding carboxylic acids is 1. The Balaban J connectivity index is 2.14. The molecular weight excluding hydrogens is 365 g/mol. The predicted molar refractivity (Wildman–Crippen MR) is 94.5 cm³/mol. The second-order valence-corrected chi connectivity index (χ2v) is 6.59. The molecule has 7 heteroatoms. The van der Waals surface area contributed by atoms with Gasteiger partial charge in [0.15, 0.2) is 0 Å². The Hall–Kier alpha value is -2.20. The van der Waals surface area contributed by atoms with Gasteiger partial charge < -0.3 is 0 Å². The summed E-state index contributed by atoms with van der Waals surface area (Å²) in [6.07, 6.45) is 0.880. The minimum atomic E-state index is -0.191. The van der Waals surface area contributed by atoms with Crippen LogP contribution in [0.5, 0.6) is 0 Å². The molecule has 1 N–H and O–H groups in total. The van der Waals surface area contributed by atoms with Crippen LogP contribution in [0.2, 0.25) is 0 Å². The van der Waals surface area contributed by atoms with Crippen molar-refractivity contribution >= 4 is 38.0 Å². The third-order valence-electron chi connectivity index (χ3n) is 3.79. The summed E-state index contributed by atoms with van der Waals surface area (Å²) in [5.41, 5.74) is 4.00. The maximum atomic E-state index is 12.2. The van der Waals surface area contributed by atoms with E-state index in [1.54, 1.807) is 0 Å². The van der Waals surface area contributed by atoms with Crippen molar-refractivity contribution in [2.75, 3.05) is 6.54 Å². The van der Waals surface area contributed by atoms with E-state index in [2.05, 4.69) is 37.5 Å². The van der Waals surface area contributed by atoms with Gasteiger partial charge in [-0.05, 0) is 0 Å². The molecule has 0 atom stereocenters. The minimum absolute atomic E-state index is 0.191. The molecule has 1 amide bonds. The molecule has 3 rings (SSSR count). The third-order valence-corrected chi connectivity index (χ3v) is 4.74. The number of nitrogens with zero attached hydrogens (tertiary/aromatic N) is 4. The Labute approximate surface area is 149 Å². The van der Waals surface area contributed by atoms with Crippen LogP contribution in [0.4, 0.5) is 0 Å². The first kappa shape index (κ1) is 16.6. The van der Waals surface area contributed by atoms with Gasteiger partial charge in [-0.15, -0.1) is 0 Å². The molecule has 2 aromatic heterocycles. The van der Waals surface area contributed by atoms with E-state index >= 15 is 0 Å². The Morgan fingerprint density at radius 3 is 2.79 bits per heavy atom. The fourth-order valence-electron chi connectivity index (χ4n) is 2.66. The van der Waals surface area contributed by atoms with E-state index in [1.807, 2.05) is 49.8 Å². The molecule has 0 saturated heterocycles. The molecule has 6 nitrogen and oxygen atoms in total. The van der Waals surface area contributed by atoms with Crippen molar-refractivity contribution in [1.29, 1.82) is 0 Å². The molecule has 3 aromatic rings. The first-order chi connectivity index (χ1) is 11.5. The number of hydrogen-bond donors (Lipinski definition) is 1. The molecule has 0 unspecified atom stereocenters. The monoisotopic (exact) mass is 383 g/mol. The molecule has 0 bridgehead atoms. The fourth-order valence-corrected chi connectivity index (χ4v) is 3.35. The van der Waals surface area contributed by atoms with Crippen LogP contribution in [0.25, 0.3) is 22.2 Å². The van der Waals surface area contributed by atoms with Crippen molar-refractivity contribution < 1.29 is 4.79 Å². The number of rotatable bonds is 4. The van der Waals surface area contributed by atoms with Gasteiger partial charge >= 0.3 is 149 Å². The fraction of sp³-hybridized carbons (Fsp3) is 0.294. The number of carbonyl (C=O) groups is 1. The van der Waals surface area contributed by atoms with Crippen LogP contribution in [0.15, 0.2) is 24.3 Å². The number of fused-ring (bicyclic) bond motifs is 1. The molecule has 24 heavy (non-hydrogen) atoms. The van der Waals surface area contributed by atoms with Crippen LogP contribution >= 0.6 is 0 Å². The summed E-state index contributed by atoms with van der Waals surface area (Å²) in [6.45, 7) is 4.59. The quantitative estimate of drug-likeness (QED) is 0.689. The van der Waals surface area contributed by atoms with E-state index in [1.165, 1.54) is 0 Å². The summed E-state index contributed by atoms with van der Waals surface area (Å²) < 4.78 is 2.61. The topological polar surface area (TPSA) is 72.7 Å². The van der Waals surface area contributed by atoms with E-state index in [4.69, 9.17) is 0 Å². The van der Waals surface area contributed by atoms with Crippen LogP contribution in [-0.2, 0) is 7.05 Å². The summed E-state index contributed by atoms with van der Waals surface area (Å²) in [5, 5.41) is 16.7. The van der Waals surface area contributed by atoms with Gasteiger partial charge in [0, 0.05) is 0 Å². The van der Waals surface area contributed by atoms with Gasteiger partial charge in [-0.1, -0.05) is 0 Å². The van der Waals surface area contributed by atoms with Crippen LogP contribution in [0.1, 0.15) is 29.5 Å². The standard InChI is InChI=1S/C17H18AsN5O/c1-4-8-19-17(24)16-14(18)12-7-5-6-11(15(12)20-21-16)13-9-10(2)22-23(13)3/h5-7,9H,4,8H2,1-3H3,(H,19,24). The van der Waals surface area contributed by atoms with Crippen molar-refractivity contribution in [1.82, 2.24) is 25.3 Å². The molecule has 0 aliphatic carbocycles. The van der Waals surface area contributed by atoms with Crippen molar-refractivity contribution in [2.45, 2.75) is 20.3 Å². The summed E-state index contributed by atoms with van der Waals surface area (Å²) in [7, 11) is 1.91. The maximum absolute atomic E-state index is 12.2. The third kappa shape index (κ3) is 2.94. The molecule has 0 saturated carbocycles. The number of benzene rings is 1. The summed E-state index contributed by atoms with van der Waals surface area (Å²) in [4.78, 5) is 12.2. The van der Waals surface area contributed by atoms with Crippen LogP contribution in [-0.4, -0.2) is 49.3 Å². The SMILES string of the molecule is CCCNC(=O)c1nnc2c(-c3cc(C)nn3C)cccc2c1[As]. The van der Waals surface area contributed by atoms with Gasteiger partial charge in [-0.3, -0.25) is 0 Å². The molecule has 0 spiro atoms. The van der Waals surface area contributed by atoms with Gasteiger partial charge in [0.25, 0.3) is 0 Å². The summed E-state index contributed by atoms with van der Waals surface area (Å²) >= 11 is 2.45. The average Bonchev–Trinajstić information content (AvgIpc) is 2.91. The van der Waals surface area contributed by atoms with E-state index in [-0.39, 0.29) is 5.91 Å². The Kier molecular flexibility index (Phi) is 4.67. The van der Waals surface area contributed by atoms with Crippen LogP contribution < -0.4 is 9.67 Å². The second kappa shape index (κ2) is 6.73. The van der Waals surface area contributed by atoms with Crippen molar-refractivity contribution in [2.24, 2.45) is 7.05 Å². The molecule has 0 fully saturated rings. The first-order valence-corrected chi connectivity index (χ1v) is 8.74. The molecule has 1 aromatic carbocycles. The number of amides is 1. The van der Waals surface area contributed by atoms with E-state index in [0.717, 1.165) is 38.6 Å². The predicted octanol–water partition coefficient (Wildman–Crippen LogP) is 1.27. The average molecular weight is 383 g/mol. The van der Waals surface area contributed by atoms with Gasteiger partial charge in [-0.25, -0.2) is 0 Å². The summed E-state index contributed by atoms with van der Waals surface area (Å²) in [5.74, 6) is -0.191. The molecule has 122 valence electrons. The van der Waals surface area contributed by atoms with Gasteiger partial charge in [0.05, 0.1) is 0 Å². The molecule has 0 aliphatic heterocycles. The zero-order valence-electron chi connectivity index (χ0n) is 13.9. The number of hydrogen-bond acceptors (Lipinski definition) is 4. The Morgan fingerprint density at radius 2 is 2.12 bits per heavy atom. The van der Waals surface area contributed by atoms with Gasteiger partial charge in [0.2, 0.25) is 0 Å². The number of aryl methyl sites for hydroxylation is 2. The summed E-state index contributed by atoms with van der Waals surface area (Å²) in [6, 6.07) is 7.94. The molecule has 2 radical (unpaired) electrons. The van der Waals surface area contributed by atoms with Crippen molar-refractivity contribution in [3.63, 3.8) is 0 Å². The Morgan fingerprint density at radius 1 is 1.33 bits per heavy atom. The van der Waals surface area contributed by atoms with E-state index in [0.29, 0.717) is 12.2 Å². The van der Waals surface area contributed by atoms with Gasteiger partial charge in [-0.2, -0.15) is 0 Å². The number of nitrogens with one attached hydrogen (secondary N) is 1. The van der Waals surface area contributed by atoms with Crippen molar-refractivity contribution in [3.8, 4) is 11.3 Å². The Bertz CT molecular complexity index is 919. The van der Waals surface area contributed by atoms with Crippen LogP contribution in [0, 0.1) is 6.92 Å². The zero-order chi connectivity index (χ0) is 17.3. The number of aromatic nitrogens is 4. The first-order valence-electron chi connectivity index (χ1n) is 7.80. The zero-order valence-corrected chi connectivity index (χ0v) is 15.7. The normalized spacial score (nSPS) is 11.0.